The lowest BCUT2D eigenvalue weighted by Gasteiger charge is -2.65. The summed E-state index contributed by atoms with van der Waals surface area (Å²) in [5, 5.41) is 24.4. The smallest absolute Gasteiger partial charge is 0.355 e. The molecule has 1 spiro atoms. The molecule has 10 nitrogen and oxygen atoms in total. The third-order valence-corrected chi connectivity index (χ3v) is 11.7. The summed E-state index contributed by atoms with van der Waals surface area (Å²) in [6.07, 6.45) is -3.88. The molecule has 2 aliphatic heterocycles. The fourth-order valence-corrected chi connectivity index (χ4v) is 8.84. The predicted molar refractivity (Wildman–Crippen MR) is 164 cm³/mol. The minimum Gasteiger partial charge on any atom is -0.462 e. The summed E-state index contributed by atoms with van der Waals surface area (Å²) in [5.74, 6) is -3.91. The van der Waals surface area contributed by atoms with Crippen LogP contribution in [0.1, 0.15) is 50.7 Å². The number of carbonyl (C=O) groups excluding carboxylic acids is 4. The van der Waals surface area contributed by atoms with Crippen LogP contribution < -0.4 is 0 Å². The van der Waals surface area contributed by atoms with Gasteiger partial charge in [0.1, 0.15) is 18.3 Å². The quantitative estimate of drug-likeness (QED) is 0.300. The molecule has 45 heavy (non-hydrogen) atoms. The average Bonchev–Trinajstić information content (AvgIpc) is 3.39. The van der Waals surface area contributed by atoms with Crippen LogP contribution in [0.5, 0.6) is 0 Å². The molecule has 2 saturated heterocycles. The lowest BCUT2D eigenvalue weighted by molar-refractivity contribution is -0.336. The summed E-state index contributed by atoms with van der Waals surface area (Å²) in [7, 11) is 0. The number of esters is 4. The highest BCUT2D eigenvalue weighted by Gasteiger charge is 2.90. The van der Waals surface area contributed by atoms with Gasteiger partial charge in [-0.25, -0.2) is 9.59 Å². The molecule has 4 aliphatic rings. The monoisotopic (exact) mass is 748 g/mol. The molecular formula is C33H34Br2O10. The van der Waals surface area contributed by atoms with Crippen molar-refractivity contribution in [1.82, 2.24) is 0 Å². The van der Waals surface area contributed by atoms with E-state index in [9.17, 15) is 29.4 Å². The summed E-state index contributed by atoms with van der Waals surface area (Å²) in [6, 6.07) is 14.9. The van der Waals surface area contributed by atoms with Crippen molar-refractivity contribution in [2.24, 2.45) is 16.7 Å². The third-order valence-electron chi connectivity index (χ3n) is 10.6. The number of carbonyl (C=O) groups is 4. The molecule has 2 heterocycles. The first-order chi connectivity index (χ1) is 21.3. The van der Waals surface area contributed by atoms with Gasteiger partial charge in [0.15, 0.2) is 12.2 Å². The summed E-state index contributed by atoms with van der Waals surface area (Å²) >= 11 is 6.77. The van der Waals surface area contributed by atoms with Crippen molar-refractivity contribution in [3.63, 3.8) is 0 Å². The highest BCUT2D eigenvalue weighted by molar-refractivity contribution is 9.10. The van der Waals surface area contributed by atoms with Crippen LogP contribution in [0.4, 0.5) is 0 Å². The third kappa shape index (κ3) is 4.69. The van der Waals surface area contributed by atoms with Crippen LogP contribution in [0.15, 0.2) is 57.5 Å². The maximum absolute atomic E-state index is 13.7. The Morgan fingerprint density at radius 3 is 2.09 bits per heavy atom. The Kier molecular flexibility index (Phi) is 8.19. The molecule has 6 rings (SSSR count). The highest BCUT2D eigenvalue weighted by atomic mass is 79.9. The van der Waals surface area contributed by atoms with Crippen LogP contribution in [0.3, 0.4) is 0 Å². The van der Waals surface area contributed by atoms with Gasteiger partial charge in [0.25, 0.3) is 5.60 Å². The first kappa shape index (κ1) is 32.2. The first-order valence-electron chi connectivity index (χ1n) is 15.0. The Balaban J connectivity index is 1.33. The van der Waals surface area contributed by atoms with Gasteiger partial charge in [-0.15, -0.1) is 0 Å². The number of fused-ring (bicyclic) bond motifs is 4. The van der Waals surface area contributed by atoms with Crippen LogP contribution in [0.2, 0.25) is 0 Å². The van der Waals surface area contributed by atoms with Crippen molar-refractivity contribution in [3.05, 3.63) is 68.6 Å². The van der Waals surface area contributed by atoms with E-state index < -0.39 is 76.7 Å². The number of halogens is 2. The van der Waals surface area contributed by atoms with Crippen LogP contribution in [0, 0.1) is 16.7 Å². The Hall–Kier alpha value is -2.80. The van der Waals surface area contributed by atoms with E-state index in [1.165, 1.54) is 6.92 Å². The zero-order valence-corrected chi connectivity index (χ0v) is 28.0. The average molecular weight is 750 g/mol. The molecule has 2 N–H and O–H groups in total. The van der Waals surface area contributed by atoms with E-state index >= 15 is 0 Å². The van der Waals surface area contributed by atoms with E-state index in [0.717, 1.165) is 20.1 Å². The summed E-state index contributed by atoms with van der Waals surface area (Å²) in [4.78, 5) is 53.6. The van der Waals surface area contributed by atoms with Gasteiger partial charge in [-0.2, -0.15) is 0 Å². The number of ether oxygens (including phenoxy) is 4. The molecule has 4 fully saturated rings. The molecule has 12 heteroatoms. The summed E-state index contributed by atoms with van der Waals surface area (Å²) in [6.45, 7) is 2.87. The van der Waals surface area contributed by atoms with Gasteiger partial charge in [0.05, 0.1) is 5.41 Å². The van der Waals surface area contributed by atoms with Crippen LogP contribution in [-0.2, 0) is 51.0 Å². The Morgan fingerprint density at radius 1 is 0.956 bits per heavy atom. The fraction of sp³-hybridized carbons (Fsp3) is 0.515. The van der Waals surface area contributed by atoms with Crippen molar-refractivity contribution in [2.75, 3.05) is 6.61 Å². The van der Waals surface area contributed by atoms with Gasteiger partial charge in [0, 0.05) is 33.6 Å². The van der Waals surface area contributed by atoms with Crippen LogP contribution >= 0.6 is 31.9 Å². The minimum atomic E-state index is -2.23. The lowest BCUT2D eigenvalue weighted by atomic mass is 9.43. The van der Waals surface area contributed by atoms with Gasteiger partial charge < -0.3 is 29.2 Å². The van der Waals surface area contributed by atoms with Gasteiger partial charge in [-0.05, 0) is 67.5 Å². The second-order valence-corrected chi connectivity index (χ2v) is 14.7. The van der Waals surface area contributed by atoms with Crippen molar-refractivity contribution in [1.29, 1.82) is 0 Å². The molecule has 2 aliphatic carbocycles. The highest BCUT2D eigenvalue weighted by Crippen LogP contribution is 2.73. The van der Waals surface area contributed by atoms with Crippen LogP contribution in [-0.4, -0.2) is 70.2 Å². The van der Waals surface area contributed by atoms with E-state index in [1.807, 2.05) is 48.5 Å². The van der Waals surface area contributed by atoms with Crippen LogP contribution in [0.25, 0.3) is 0 Å². The van der Waals surface area contributed by atoms with E-state index in [1.54, 1.807) is 6.92 Å². The summed E-state index contributed by atoms with van der Waals surface area (Å²) < 4.78 is 24.9. The number of aliphatic hydroxyl groups is 2. The molecule has 0 radical (unpaired) electrons. The molecule has 2 aromatic carbocycles. The molecule has 0 unspecified atom stereocenters. The SMILES string of the molecule is C[C@@H]1C[C@@H](OC(=O)CCc2ccc(Br)cc2)[C@@]2(O)[C@@]13C[C@@H](OC(=O)[C@@H]3O)[C@@]1(OC(=O)CCc3ccc(Br)cc3)C(=O)OC[C@@]21C. The second-order valence-electron chi connectivity index (χ2n) is 12.8. The zero-order valence-electron chi connectivity index (χ0n) is 24.8. The Morgan fingerprint density at radius 2 is 1.51 bits per heavy atom. The van der Waals surface area contributed by atoms with E-state index in [4.69, 9.17) is 18.9 Å². The molecule has 0 aromatic heterocycles. The maximum atomic E-state index is 13.7. The normalized spacial score (nSPS) is 36.4. The van der Waals surface area contributed by atoms with Crippen molar-refractivity contribution >= 4 is 55.7 Å². The molecule has 2 bridgehead atoms. The summed E-state index contributed by atoms with van der Waals surface area (Å²) in [5.41, 5.74) is -6.00. The molecule has 8 atom stereocenters. The maximum Gasteiger partial charge on any atom is 0.355 e. The lowest BCUT2D eigenvalue weighted by Crippen LogP contribution is -2.83. The topological polar surface area (TPSA) is 146 Å². The molecule has 240 valence electrons. The Labute approximate surface area is 277 Å². The zero-order chi connectivity index (χ0) is 32.4. The van der Waals surface area contributed by atoms with E-state index in [0.29, 0.717) is 12.8 Å². The van der Waals surface area contributed by atoms with Crippen molar-refractivity contribution in [3.8, 4) is 0 Å². The number of hydrogen-bond acceptors (Lipinski definition) is 10. The number of aryl methyl sites for hydroxylation is 2. The molecule has 2 saturated carbocycles. The van der Waals surface area contributed by atoms with Gasteiger partial charge in [-0.3, -0.25) is 9.59 Å². The van der Waals surface area contributed by atoms with Gasteiger partial charge in [-0.1, -0.05) is 63.0 Å². The number of hydrogen-bond donors (Lipinski definition) is 2. The van der Waals surface area contributed by atoms with E-state index in [2.05, 4.69) is 31.9 Å². The minimum absolute atomic E-state index is 0.00510. The van der Waals surface area contributed by atoms with Crippen molar-refractivity contribution < 1.29 is 48.3 Å². The van der Waals surface area contributed by atoms with E-state index in [-0.39, 0.29) is 25.7 Å². The fourth-order valence-electron chi connectivity index (χ4n) is 8.31. The number of benzene rings is 2. The largest absolute Gasteiger partial charge is 0.462 e. The second kappa shape index (κ2) is 11.5. The molecular weight excluding hydrogens is 716 g/mol. The first-order valence-corrected chi connectivity index (χ1v) is 16.6. The van der Waals surface area contributed by atoms with Gasteiger partial charge >= 0.3 is 23.9 Å². The molecule has 0 amide bonds. The van der Waals surface area contributed by atoms with Gasteiger partial charge in [0.2, 0.25) is 0 Å². The standard InChI is InChI=1S/C33H34Br2O10/c1-18-15-23(43-25(36)13-7-19-3-9-21(34)10-4-19)33(41)30(2)17-42-29(40)32(30,24-16-31(18,33)27(38)28(39)44-24)45-26(37)14-8-20-5-11-22(35)12-6-20/h3-6,9-12,18,23-24,27,38,41H,7-8,13-17H2,1-2H3/t18-,23-,24-,27+,30-,31+,32-,33+/m1/s1. The van der Waals surface area contributed by atoms with Crippen molar-refractivity contribution in [2.45, 2.75) is 81.9 Å². The number of aliphatic hydroxyl groups excluding tert-OH is 1. The Bertz CT molecular complexity index is 1530. The molecule has 2 aromatic rings. The predicted octanol–water partition coefficient (Wildman–Crippen LogP) is 3.98. The number of rotatable bonds is 8. The number of cyclic esters (lactones) is 1.